The molecule has 2 unspecified atom stereocenters. The normalized spacial score (nSPS) is 15.4. The third-order valence-corrected chi connectivity index (χ3v) is 6.93. The first kappa shape index (κ1) is 30.0. The lowest BCUT2D eigenvalue weighted by molar-refractivity contribution is -0.147. The van der Waals surface area contributed by atoms with Crippen molar-refractivity contribution in [2.75, 3.05) is 18.6 Å². The number of hydrogen-bond acceptors (Lipinski definition) is 5. The average Bonchev–Trinajstić information content (AvgIpc) is 2.76. The van der Waals surface area contributed by atoms with E-state index in [4.69, 9.17) is 4.74 Å². The Bertz CT molecular complexity index is 867. The molecule has 1 fully saturated rings. The summed E-state index contributed by atoms with van der Waals surface area (Å²) in [7, 11) is 0. The molecule has 1 aromatic carbocycles. The van der Waals surface area contributed by atoms with E-state index in [2.05, 4.69) is 17.6 Å². The minimum atomic E-state index is -0.770. The second-order valence-corrected chi connectivity index (χ2v) is 11.6. The molecule has 1 aliphatic carbocycles. The zero-order valence-electron chi connectivity index (χ0n) is 22.9. The Labute approximate surface area is 221 Å². The molecule has 1 aliphatic rings. The summed E-state index contributed by atoms with van der Waals surface area (Å²) in [6.45, 7) is 10.1. The Kier molecular flexibility index (Phi) is 12.1. The van der Waals surface area contributed by atoms with Crippen LogP contribution in [0.2, 0.25) is 0 Å². The van der Waals surface area contributed by atoms with Gasteiger partial charge in [-0.2, -0.15) is 11.8 Å². The summed E-state index contributed by atoms with van der Waals surface area (Å²) in [5.74, 6) is 0.302. The largest absolute Gasteiger partial charge is 0.444 e. The third kappa shape index (κ3) is 9.34. The topological polar surface area (TPSA) is 87.7 Å². The Morgan fingerprint density at radius 3 is 2.47 bits per heavy atom. The van der Waals surface area contributed by atoms with Gasteiger partial charge in [0.15, 0.2) is 0 Å². The van der Waals surface area contributed by atoms with Crippen molar-refractivity contribution < 1.29 is 19.1 Å². The minimum absolute atomic E-state index is 0.0402. The van der Waals surface area contributed by atoms with E-state index in [-0.39, 0.29) is 17.9 Å². The fourth-order valence-electron chi connectivity index (χ4n) is 4.27. The number of benzene rings is 1. The number of unbranched alkanes of at least 4 members (excludes halogenated alkanes) is 2. The number of carbonyl (C=O) groups is 3. The molecule has 0 saturated heterocycles. The van der Waals surface area contributed by atoms with Gasteiger partial charge < -0.3 is 20.3 Å². The molecule has 0 bridgehead atoms. The van der Waals surface area contributed by atoms with Crippen molar-refractivity contribution in [3.05, 3.63) is 35.4 Å². The molecule has 2 N–H and O–H groups in total. The van der Waals surface area contributed by atoms with Crippen LogP contribution in [-0.4, -0.2) is 59.0 Å². The van der Waals surface area contributed by atoms with Gasteiger partial charge in [-0.1, -0.05) is 49.6 Å². The molecule has 202 valence electrons. The Hall–Kier alpha value is -2.22. The summed E-state index contributed by atoms with van der Waals surface area (Å²) in [4.78, 5) is 42.2. The first-order valence-corrected chi connectivity index (χ1v) is 14.6. The number of ether oxygens (including phenoxy) is 1. The molecular weight excluding hydrogens is 474 g/mol. The van der Waals surface area contributed by atoms with Gasteiger partial charge >= 0.3 is 6.09 Å². The number of nitrogens with zero attached hydrogens (tertiary/aromatic N) is 1. The van der Waals surface area contributed by atoms with E-state index in [1.165, 1.54) is 0 Å². The number of aryl methyl sites for hydroxylation is 1. The fraction of sp³-hybridized carbons (Fsp3) is 0.679. The number of carbonyl (C=O) groups excluding carboxylic acids is 3. The SMILES string of the molecule is CCCCCNC(=O)C(c1cccc(C)c1)N(C(=O)C(CCSC)NC(=O)OC(C)(C)C)C1CCC1. The predicted molar refractivity (Wildman–Crippen MR) is 147 cm³/mol. The monoisotopic (exact) mass is 519 g/mol. The zero-order chi connectivity index (χ0) is 26.7. The summed E-state index contributed by atoms with van der Waals surface area (Å²) in [6.07, 6.45) is 7.52. The van der Waals surface area contributed by atoms with E-state index in [1.54, 1.807) is 37.4 Å². The molecule has 1 saturated carbocycles. The van der Waals surface area contributed by atoms with Crippen molar-refractivity contribution >= 4 is 29.7 Å². The predicted octanol–water partition coefficient (Wildman–Crippen LogP) is 5.37. The molecule has 0 spiro atoms. The van der Waals surface area contributed by atoms with E-state index >= 15 is 0 Å². The van der Waals surface area contributed by atoms with Crippen LogP contribution < -0.4 is 10.6 Å². The number of thioether (sulfide) groups is 1. The minimum Gasteiger partial charge on any atom is -0.444 e. The van der Waals surface area contributed by atoms with Crippen molar-refractivity contribution in [1.29, 1.82) is 0 Å². The van der Waals surface area contributed by atoms with Crippen molar-refractivity contribution in [1.82, 2.24) is 15.5 Å². The fourth-order valence-corrected chi connectivity index (χ4v) is 4.74. The number of rotatable bonds is 13. The molecule has 2 atom stereocenters. The van der Waals surface area contributed by atoms with Crippen LogP contribution in [0.4, 0.5) is 4.79 Å². The first-order chi connectivity index (χ1) is 17.1. The maximum atomic E-state index is 14.1. The van der Waals surface area contributed by atoms with Crippen molar-refractivity contribution in [3.63, 3.8) is 0 Å². The summed E-state index contributed by atoms with van der Waals surface area (Å²) < 4.78 is 5.46. The number of hydrogen-bond donors (Lipinski definition) is 2. The highest BCUT2D eigenvalue weighted by molar-refractivity contribution is 7.98. The quantitative estimate of drug-likeness (QED) is 0.342. The van der Waals surface area contributed by atoms with Crippen LogP contribution in [0, 0.1) is 6.92 Å². The highest BCUT2D eigenvalue weighted by Gasteiger charge is 2.41. The summed E-state index contributed by atoms with van der Waals surface area (Å²) in [5.41, 5.74) is 1.15. The van der Waals surface area contributed by atoms with Gasteiger partial charge in [-0.3, -0.25) is 9.59 Å². The molecule has 36 heavy (non-hydrogen) atoms. The van der Waals surface area contributed by atoms with E-state index in [0.29, 0.717) is 18.7 Å². The molecular formula is C28H45N3O4S. The van der Waals surface area contributed by atoms with E-state index in [0.717, 1.165) is 49.7 Å². The van der Waals surface area contributed by atoms with Crippen LogP contribution in [0.15, 0.2) is 24.3 Å². The summed E-state index contributed by atoms with van der Waals surface area (Å²) >= 11 is 1.61. The lowest BCUT2D eigenvalue weighted by Crippen LogP contribution is -2.57. The van der Waals surface area contributed by atoms with Crippen LogP contribution in [0.1, 0.15) is 89.8 Å². The molecule has 2 rings (SSSR count). The molecule has 0 aromatic heterocycles. The van der Waals surface area contributed by atoms with Gasteiger partial charge in [0.2, 0.25) is 11.8 Å². The van der Waals surface area contributed by atoms with Gasteiger partial charge in [0.05, 0.1) is 0 Å². The Balaban J connectivity index is 2.40. The molecule has 3 amide bonds. The number of nitrogens with one attached hydrogen (secondary N) is 2. The maximum absolute atomic E-state index is 14.1. The smallest absolute Gasteiger partial charge is 0.408 e. The van der Waals surface area contributed by atoms with Gasteiger partial charge in [-0.05, 0) is 77.4 Å². The van der Waals surface area contributed by atoms with Crippen molar-refractivity contribution in [2.24, 2.45) is 0 Å². The summed E-state index contributed by atoms with van der Waals surface area (Å²) in [6, 6.07) is 6.25. The zero-order valence-corrected chi connectivity index (χ0v) is 23.7. The average molecular weight is 520 g/mol. The van der Waals surface area contributed by atoms with Crippen molar-refractivity contribution in [3.8, 4) is 0 Å². The van der Waals surface area contributed by atoms with Gasteiger partial charge in [-0.25, -0.2) is 4.79 Å². The first-order valence-electron chi connectivity index (χ1n) is 13.2. The maximum Gasteiger partial charge on any atom is 0.408 e. The lowest BCUT2D eigenvalue weighted by atomic mass is 9.87. The Morgan fingerprint density at radius 1 is 1.19 bits per heavy atom. The van der Waals surface area contributed by atoms with Crippen molar-refractivity contribution in [2.45, 2.75) is 103 Å². The molecule has 0 radical (unpaired) electrons. The summed E-state index contributed by atoms with van der Waals surface area (Å²) in [5, 5.41) is 5.89. The van der Waals surface area contributed by atoms with Crippen LogP contribution in [-0.2, 0) is 14.3 Å². The van der Waals surface area contributed by atoms with Crippen LogP contribution >= 0.6 is 11.8 Å². The molecule has 0 heterocycles. The molecule has 7 nitrogen and oxygen atoms in total. The van der Waals surface area contributed by atoms with Gasteiger partial charge in [0, 0.05) is 12.6 Å². The van der Waals surface area contributed by atoms with E-state index in [1.807, 2.05) is 37.4 Å². The second-order valence-electron chi connectivity index (χ2n) is 10.6. The van der Waals surface area contributed by atoms with E-state index in [9.17, 15) is 14.4 Å². The highest BCUT2D eigenvalue weighted by Crippen LogP contribution is 2.34. The molecule has 1 aromatic rings. The Morgan fingerprint density at radius 2 is 1.92 bits per heavy atom. The number of amides is 3. The van der Waals surface area contributed by atoms with Gasteiger partial charge in [-0.15, -0.1) is 0 Å². The standard InChI is InChI=1S/C28H45N3O4S/c1-7-8-9-17-29-25(32)24(21-13-10-12-20(2)19-21)31(22-14-11-15-22)26(33)23(16-18-36-6)30-27(34)35-28(3,4)5/h10,12-13,19,22-24H,7-9,11,14-18H2,1-6H3,(H,29,32)(H,30,34). The third-order valence-electron chi connectivity index (χ3n) is 6.29. The van der Waals surface area contributed by atoms with Crippen LogP contribution in [0.25, 0.3) is 0 Å². The highest BCUT2D eigenvalue weighted by atomic mass is 32.2. The lowest BCUT2D eigenvalue weighted by Gasteiger charge is -2.43. The number of alkyl carbamates (subject to hydrolysis) is 1. The second kappa shape index (κ2) is 14.5. The van der Waals surface area contributed by atoms with Crippen LogP contribution in [0.5, 0.6) is 0 Å². The van der Waals surface area contributed by atoms with Gasteiger partial charge in [0.1, 0.15) is 17.7 Å². The molecule has 8 heteroatoms. The van der Waals surface area contributed by atoms with Crippen LogP contribution in [0.3, 0.4) is 0 Å². The van der Waals surface area contributed by atoms with E-state index < -0.39 is 23.8 Å². The molecule has 0 aliphatic heterocycles. The van der Waals surface area contributed by atoms with Gasteiger partial charge in [0.25, 0.3) is 0 Å².